The molecule has 0 aliphatic carbocycles. The van der Waals surface area contributed by atoms with Crippen LogP contribution in [0, 0.1) is 11.8 Å². The summed E-state index contributed by atoms with van der Waals surface area (Å²) in [6.45, 7) is 9.38. The first-order chi connectivity index (χ1) is 9.70. The second kappa shape index (κ2) is 15.4. The average Bonchev–Trinajstić information content (AvgIpc) is 2.44. The second-order valence-electron chi connectivity index (χ2n) is 7.22. The zero-order valence-corrected chi connectivity index (χ0v) is 15.1. The van der Waals surface area contributed by atoms with E-state index in [9.17, 15) is 0 Å². The number of unbranched alkanes of at least 4 members (excludes halogenated alkanes) is 9. The van der Waals surface area contributed by atoms with Gasteiger partial charge in [-0.15, -0.1) is 0 Å². The van der Waals surface area contributed by atoms with E-state index >= 15 is 0 Å². The van der Waals surface area contributed by atoms with Gasteiger partial charge in [0.15, 0.2) is 0 Å². The highest BCUT2D eigenvalue weighted by Crippen LogP contribution is 2.22. The molecule has 0 bridgehead atoms. The first-order valence-corrected chi connectivity index (χ1v) is 9.70. The maximum absolute atomic E-state index is 2.38. The maximum Gasteiger partial charge on any atom is -0.0417 e. The van der Waals surface area contributed by atoms with Gasteiger partial charge >= 0.3 is 0 Å². The van der Waals surface area contributed by atoms with Crippen molar-refractivity contribution < 1.29 is 0 Å². The summed E-state index contributed by atoms with van der Waals surface area (Å²) in [5.74, 6) is 1.89. The monoisotopic (exact) mass is 282 g/mol. The van der Waals surface area contributed by atoms with Gasteiger partial charge in [0.2, 0.25) is 0 Å². The summed E-state index contributed by atoms with van der Waals surface area (Å²) >= 11 is 0. The summed E-state index contributed by atoms with van der Waals surface area (Å²) in [7, 11) is 0. The summed E-state index contributed by atoms with van der Waals surface area (Å²) in [6, 6.07) is 0. The van der Waals surface area contributed by atoms with E-state index in [1.165, 1.54) is 89.9 Å². The third kappa shape index (κ3) is 14.4. The highest BCUT2D eigenvalue weighted by atomic mass is 14.1. The van der Waals surface area contributed by atoms with E-state index in [0.29, 0.717) is 0 Å². The predicted molar refractivity (Wildman–Crippen MR) is 94.3 cm³/mol. The molecule has 0 aromatic rings. The van der Waals surface area contributed by atoms with E-state index in [-0.39, 0.29) is 0 Å². The minimum Gasteiger partial charge on any atom is -0.0654 e. The Hall–Kier alpha value is 0. The van der Waals surface area contributed by atoms with Crippen molar-refractivity contribution in [3.8, 4) is 0 Å². The standard InChI is InChI=1S/C20H42/c1-5-7-8-9-10-11-12-13-14-15-16-20(6-2)18-17-19(3)4/h19-20H,5-18H2,1-4H3. The Kier molecular flexibility index (Phi) is 15.4. The van der Waals surface area contributed by atoms with Crippen molar-refractivity contribution in [2.45, 2.75) is 118 Å². The molecule has 0 heterocycles. The van der Waals surface area contributed by atoms with Gasteiger partial charge in [-0.05, 0) is 11.8 Å². The lowest BCUT2D eigenvalue weighted by Gasteiger charge is -2.15. The van der Waals surface area contributed by atoms with Crippen LogP contribution in [0.1, 0.15) is 118 Å². The van der Waals surface area contributed by atoms with Crippen molar-refractivity contribution in [2.24, 2.45) is 11.8 Å². The lowest BCUT2D eigenvalue weighted by molar-refractivity contribution is 0.375. The first-order valence-electron chi connectivity index (χ1n) is 9.70. The molecule has 0 radical (unpaired) electrons. The van der Waals surface area contributed by atoms with Gasteiger partial charge in [0.25, 0.3) is 0 Å². The third-order valence-electron chi connectivity index (χ3n) is 4.70. The Morgan fingerprint density at radius 3 is 1.50 bits per heavy atom. The highest BCUT2D eigenvalue weighted by Gasteiger charge is 2.07. The molecule has 0 N–H and O–H groups in total. The fourth-order valence-corrected chi connectivity index (χ4v) is 3.04. The number of rotatable bonds is 15. The molecular weight excluding hydrogens is 240 g/mol. The quantitative estimate of drug-likeness (QED) is 0.269. The second-order valence-corrected chi connectivity index (χ2v) is 7.22. The molecule has 0 rings (SSSR count). The minimum absolute atomic E-state index is 0.886. The molecule has 20 heavy (non-hydrogen) atoms. The molecule has 122 valence electrons. The van der Waals surface area contributed by atoms with Gasteiger partial charge in [-0.25, -0.2) is 0 Å². The number of hydrogen-bond donors (Lipinski definition) is 0. The van der Waals surface area contributed by atoms with Crippen LogP contribution in [0.2, 0.25) is 0 Å². The molecule has 0 saturated carbocycles. The molecule has 0 heteroatoms. The predicted octanol–water partition coefficient (Wildman–Crippen LogP) is 7.76. The molecule has 0 aromatic carbocycles. The Labute approximate surface area is 130 Å². The van der Waals surface area contributed by atoms with Crippen molar-refractivity contribution in [2.75, 3.05) is 0 Å². The smallest absolute Gasteiger partial charge is 0.0417 e. The van der Waals surface area contributed by atoms with Crippen LogP contribution in [-0.2, 0) is 0 Å². The van der Waals surface area contributed by atoms with Crippen molar-refractivity contribution in [1.82, 2.24) is 0 Å². The van der Waals surface area contributed by atoms with Crippen LogP contribution in [0.3, 0.4) is 0 Å². The zero-order valence-electron chi connectivity index (χ0n) is 15.1. The van der Waals surface area contributed by atoms with Gasteiger partial charge in [-0.2, -0.15) is 0 Å². The molecule has 0 saturated heterocycles. The highest BCUT2D eigenvalue weighted by molar-refractivity contribution is 4.60. The summed E-state index contributed by atoms with van der Waals surface area (Å²) < 4.78 is 0. The van der Waals surface area contributed by atoms with Crippen LogP contribution in [0.4, 0.5) is 0 Å². The van der Waals surface area contributed by atoms with E-state index in [1.807, 2.05) is 0 Å². The molecule has 0 aliphatic rings. The van der Waals surface area contributed by atoms with Crippen LogP contribution >= 0.6 is 0 Å². The summed E-state index contributed by atoms with van der Waals surface area (Å²) in [4.78, 5) is 0. The third-order valence-corrected chi connectivity index (χ3v) is 4.70. The largest absolute Gasteiger partial charge is 0.0654 e. The summed E-state index contributed by atoms with van der Waals surface area (Å²) in [5.41, 5.74) is 0. The maximum atomic E-state index is 2.38. The molecule has 1 unspecified atom stereocenters. The normalized spacial score (nSPS) is 13.1. The first kappa shape index (κ1) is 20.0. The minimum atomic E-state index is 0.886. The Bertz CT molecular complexity index is 171. The SMILES string of the molecule is CCCCCCCCCCCCC(CC)CCC(C)C. The van der Waals surface area contributed by atoms with E-state index in [0.717, 1.165) is 11.8 Å². The lowest BCUT2D eigenvalue weighted by Crippen LogP contribution is -2.01. The van der Waals surface area contributed by atoms with E-state index < -0.39 is 0 Å². The molecule has 0 nitrogen and oxygen atoms in total. The van der Waals surface area contributed by atoms with Crippen LogP contribution in [0.5, 0.6) is 0 Å². The van der Waals surface area contributed by atoms with Gasteiger partial charge in [-0.3, -0.25) is 0 Å². The van der Waals surface area contributed by atoms with E-state index in [1.54, 1.807) is 0 Å². The molecule has 0 fully saturated rings. The molecule has 0 aliphatic heterocycles. The van der Waals surface area contributed by atoms with Crippen LogP contribution in [0.15, 0.2) is 0 Å². The Morgan fingerprint density at radius 1 is 0.550 bits per heavy atom. The van der Waals surface area contributed by atoms with Crippen molar-refractivity contribution >= 4 is 0 Å². The van der Waals surface area contributed by atoms with E-state index in [2.05, 4.69) is 27.7 Å². The molecule has 0 aromatic heterocycles. The molecule has 1 atom stereocenters. The van der Waals surface area contributed by atoms with Gasteiger partial charge < -0.3 is 0 Å². The molecule has 0 spiro atoms. The van der Waals surface area contributed by atoms with Crippen LogP contribution < -0.4 is 0 Å². The average molecular weight is 283 g/mol. The van der Waals surface area contributed by atoms with Gasteiger partial charge in [-0.1, -0.05) is 118 Å². The van der Waals surface area contributed by atoms with Gasteiger partial charge in [0.1, 0.15) is 0 Å². The Balaban J connectivity index is 3.24. The number of hydrogen-bond acceptors (Lipinski definition) is 0. The topological polar surface area (TPSA) is 0 Å². The molecular formula is C20H42. The summed E-state index contributed by atoms with van der Waals surface area (Å²) in [5, 5.41) is 0. The fraction of sp³-hybridized carbons (Fsp3) is 1.00. The Morgan fingerprint density at radius 2 is 1.05 bits per heavy atom. The van der Waals surface area contributed by atoms with Crippen molar-refractivity contribution in [3.63, 3.8) is 0 Å². The van der Waals surface area contributed by atoms with Crippen molar-refractivity contribution in [3.05, 3.63) is 0 Å². The van der Waals surface area contributed by atoms with Gasteiger partial charge in [0, 0.05) is 0 Å². The van der Waals surface area contributed by atoms with Gasteiger partial charge in [0.05, 0.1) is 0 Å². The summed E-state index contributed by atoms with van der Waals surface area (Å²) in [6.07, 6.45) is 20.4. The zero-order chi connectivity index (χ0) is 15.1. The molecule has 0 amide bonds. The lowest BCUT2D eigenvalue weighted by atomic mass is 9.91. The van der Waals surface area contributed by atoms with Crippen LogP contribution in [-0.4, -0.2) is 0 Å². The fourth-order valence-electron chi connectivity index (χ4n) is 3.04. The van der Waals surface area contributed by atoms with Crippen LogP contribution in [0.25, 0.3) is 0 Å². The van der Waals surface area contributed by atoms with Crippen molar-refractivity contribution in [1.29, 1.82) is 0 Å². The van der Waals surface area contributed by atoms with E-state index in [4.69, 9.17) is 0 Å².